The van der Waals surface area contributed by atoms with E-state index in [0.717, 1.165) is 33.3 Å². The number of nitrogens with one attached hydrogen (secondary N) is 2. The number of aromatic hydroxyl groups is 2. The van der Waals surface area contributed by atoms with Gasteiger partial charge in [-0.25, -0.2) is 9.78 Å². The van der Waals surface area contributed by atoms with Gasteiger partial charge in [0, 0.05) is 39.5 Å². The Morgan fingerprint density at radius 2 is 2.00 bits per heavy atom. The van der Waals surface area contributed by atoms with Crippen LogP contribution in [-0.4, -0.2) is 84.6 Å². The first kappa shape index (κ1) is 32.4. The Morgan fingerprint density at radius 3 is 2.61 bits per heavy atom. The van der Waals surface area contributed by atoms with Gasteiger partial charge >= 0.3 is 5.97 Å². The average Bonchev–Trinajstić information content (AvgIpc) is 3.47. The number of anilines is 1. The lowest BCUT2D eigenvalue weighted by Gasteiger charge is -2.50. The van der Waals surface area contributed by atoms with Crippen LogP contribution in [0.1, 0.15) is 17.4 Å². The number of β-lactam (4-membered cyclic amide) rings is 1. The molecule has 2 aromatic heterocycles. The van der Waals surface area contributed by atoms with Crippen LogP contribution in [0.5, 0.6) is 11.5 Å². The second kappa shape index (κ2) is 13.5. The fourth-order valence-electron chi connectivity index (χ4n) is 4.48. The van der Waals surface area contributed by atoms with E-state index < -0.39 is 58.5 Å². The Labute approximate surface area is 272 Å². The van der Waals surface area contributed by atoms with E-state index >= 15 is 0 Å². The first-order chi connectivity index (χ1) is 22.0. The third-order valence-electron chi connectivity index (χ3n) is 6.75. The number of phenolic OH excluding ortho intramolecular Hbond substituents is 2. The summed E-state index contributed by atoms with van der Waals surface area (Å²) in [5, 5.41) is 48.1. The number of nitrogens with two attached hydrogens (primary N) is 1. The lowest BCUT2D eigenvalue weighted by Crippen LogP contribution is -2.71. The quantitative estimate of drug-likeness (QED) is 0.0346. The molecule has 0 unspecified atom stereocenters. The first-order valence-electron chi connectivity index (χ1n) is 13.2. The number of aliphatic carboxylic acids is 2. The van der Waals surface area contributed by atoms with Gasteiger partial charge in [-0.15, -0.1) is 34.9 Å². The molecule has 2 amide bonds. The number of fused-ring (bicyclic) bond motifs is 1. The minimum absolute atomic E-state index is 0.0633. The molecule has 1 saturated heterocycles. The SMILES string of the molecule is CN[n+]1ccc(SCC2=C(C(=O)[O-])N3C(=O)[C@@H](NC(=O)/C(=N\O[C@@H](C(=O)O)c4ccc(O)c(O)c4)c4csc(N)n4)[C@H]3SC2)cc1. The van der Waals surface area contributed by atoms with E-state index in [9.17, 15) is 39.6 Å². The number of pyridine rings is 1. The summed E-state index contributed by atoms with van der Waals surface area (Å²) in [5.74, 6) is -5.26. The topological polar surface area (TPSA) is 244 Å². The molecule has 0 spiro atoms. The molecule has 3 atom stereocenters. The van der Waals surface area contributed by atoms with Crippen molar-refractivity contribution in [1.29, 1.82) is 0 Å². The summed E-state index contributed by atoms with van der Waals surface area (Å²) >= 11 is 3.62. The second-order valence-electron chi connectivity index (χ2n) is 9.64. The normalized spacial score (nSPS) is 18.3. The molecule has 16 nitrogen and oxygen atoms in total. The van der Waals surface area contributed by atoms with Gasteiger partial charge in [-0.05, 0) is 17.7 Å². The van der Waals surface area contributed by atoms with Gasteiger partial charge in [0.15, 0.2) is 22.3 Å². The number of rotatable bonds is 12. The van der Waals surface area contributed by atoms with E-state index in [4.69, 9.17) is 10.6 Å². The van der Waals surface area contributed by atoms with E-state index in [2.05, 4.69) is 20.9 Å². The number of thioether (sulfide) groups is 2. The van der Waals surface area contributed by atoms with Crippen LogP contribution in [0, 0.1) is 0 Å². The summed E-state index contributed by atoms with van der Waals surface area (Å²) < 4.78 is 1.74. The van der Waals surface area contributed by atoms with Gasteiger partial charge in [0.05, 0.1) is 18.7 Å². The summed E-state index contributed by atoms with van der Waals surface area (Å²) in [7, 11) is 1.76. The van der Waals surface area contributed by atoms with E-state index in [0.29, 0.717) is 5.57 Å². The van der Waals surface area contributed by atoms with Gasteiger partial charge in [0.2, 0.25) is 18.5 Å². The number of carbonyl (C=O) groups excluding carboxylic acids is 3. The molecule has 5 rings (SSSR count). The second-order valence-corrected chi connectivity index (χ2v) is 12.7. The van der Waals surface area contributed by atoms with Crippen molar-refractivity contribution < 1.29 is 49.1 Å². The molecule has 0 saturated carbocycles. The molecule has 4 heterocycles. The molecule has 0 aliphatic carbocycles. The Morgan fingerprint density at radius 1 is 1.26 bits per heavy atom. The first-order valence-corrected chi connectivity index (χ1v) is 16.1. The number of nitrogen functional groups attached to an aromatic ring is 1. The standard InChI is InChI=1S/C27H25N7O9S3/c1-29-33-6-4-14(5-7-33)44-9-13-10-45-24-19(23(38)34(24)20(13)25(39)40)31-22(37)18(15-11-46-27(28)30-15)32-43-21(26(41)42)12-2-3-16(35)17(36)8-12/h2-8,11,19,21,24,29H,9-10H2,1H3,(H6-,28,30,31,32,35,36,37,39,40,41,42)/t19-,21-,24-/m1/s1. The monoisotopic (exact) mass is 687 g/mol. The highest BCUT2D eigenvalue weighted by Gasteiger charge is 2.53. The molecule has 3 aromatic rings. The summed E-state index contributed by atoms with van der Waals surface area (Å²) in [5.41, 5.74) is 8.21. The largest absolute Gasteiger partial charge is 0.543 e. The van der Waals surface area contributed by atoms with Crippen LogP contribution >= 0.6 is 34.9 Å². The Hall–Kier alpha value is -5.01. The Bertz CT molecular complexity index is 1760. The van der Waals surface area contributed by atoms with Gasteiger partial charge in [-0.1, -0.05) is 15.9 Å². The predicted octanol–water partition coefficient (Wildman–Crippen LogP) is -0.660. The maximum absolute atomic E-state index is 13.4. The maximum atomic E-state index is 13.4. The van der Waals surface area contributed by atoms with Crippen LogP contribution in [0.3, 0.4) is 0 Å². The van der Waals surface area contributed by atoms with Crippen molar-refractivity contribution in [3.05, 3.63) is 70.6 Å². The van der Waals surface area contributed by atoms with Gasteiger partial charge in [-0.2, -0.15) is 5.43 Å². The van der Waals surface area contributed by atoms with Crippen molar-refractivity contribution in [3.63, 3.8) is 0 Å². The smallest absolute Gasteiger partial charge is 0.352 e. The molecule has 1 aromatic carbocycles. The van der Waals surface area contributed by atoms with Crippen molar-refractivity contribution in [2.75, 3.05) is 29.7 Å². The van der Waals surface area contributed by atoms with Crippen LogP contribution in [0.4, 0.5) is 5.13 Å². The molecular weight excluding hydrogens is 663 g/mol. The highest BCUT2D eigenvalue weighted by Crippen LogP contribution is 2.41. The summed E-state index contributed by atoms with van der Waals surface area (Å²) in [6, 6.07) is 5.74. The van der Waals surface area contributed by atoms with Crippen LogP contribution in [0.15, 0.2) is 69.4 Å². The van der Waals surface area contributed by atoms with E-state index in [1.165, 1.54) is 35.0 Å². The summed E-state index contributed by atoms with van der Waals surface area (Å²) in [6.07, 6.45) is 1.79. The number of amides is 2. The Kier molecular flexibility index (Phi) is 9.54. The lowest BCUT2D eigenvalue weighted by molar-refractivity contribution is -0.647. The van der Waals surface area contributed by atoms with Gasteiger partial charge < -0.3 is 41.1 Å². The van der Waals surface area contributed by atoms with Crippen molar-refractivity contribution in [1.82, 2.24) is 15.2 Å². The van der Waals surface area contributed by atoms with E-state index in [1.807, 2.05) is 12.1 Å². The molecular formula is C27H25N7O9S3. The highest BCUT2D eigenvalue weighted by atomic mass is 32.2. The number of aromatic nitrogens is 2. The summed E-state index contributed by atoms with van der Waals surface area (Å²) in [6.45, 7) is 0. The zero-order valence-electron chi connectivity index (χ0n) is 23.6. The zero-order chi connectivity index (χ0) is 33.1. The highest BCUT2D eigenvalue weighted by molar-refractivity contribution is 8.01. The number of benzene rings is 1. The van der Waals surface area contributed by atoms with E-state index in [1.54, 1.807) is 24.1 Å². The molecule has 46 heavy (non-hydrogen) atoms. The molecule has 240 valence electrons. The van der Waals surface area contributed by atoms with Crippen LogP contribution in [0.25, 0.3) is 0 Å². The fourth-order valence-corrected chi connectivity index (χ4v) is 7.40. The maximum Gasteiger partial charge on any atom is 0.352 e. The minimum atomic E-state index is -1.81. The van der Waals surface area contributed by atoms with Gasteiger partial charge in [-0.3, -0.25) is 14.5 Å². The zero-order valence-corrected chi connectivity index (χ0v) is 26.1. The van der Waals surface area contributed by atoms with Gasteiger partial charge in [0.25, 0.3) is 11.8 Å². The number of hydrogen-bond donors (Lipinski definition) is 6. The fraction of sp³-hybridized carbons (Fsp3) is 0.222. The number of carboxylic acid groups (broad SMARTS) is 2. The molecule has 2 aliphatic heterocycles. The predicted molar refractivity (Wildman–Crippen MR) is 164 cm³/mol. The Balaban J connectivity index is 1.34. The molecule has 1 fully saturated rings. The third-order valence-corrected chi connectivity index (χ3v) is 9.86. The number of hydrogen-bond acceptors (Lipinski definition) is 15. The number of phenols is 2. The van der Waals surface area contributed by atoms with Crippen LogP contribution in [0.2, 0.25) is 0 Å². The van der Waals surface area contributed by atoms with Gasteiger partial charge in [0.1, 0.15) is 17.1 Å². The molecule has 0 bridgehead atoms. The van der Waals surface area contributed by atoms with Crippen LogP contribution in [-0.2, 0) is 24.0 Å². The van der Waals surface area contributed by atoms with Crippen molar-refractivity contribution >= 4 is 69.5 Å². The summed E-state index contributed by atoms with van der Waals surface area (Å²) in [4.78, 5) is 61.9. The lowest BCUT2D eigenvalue weighted by atomic mass is 10.0. The minimum Gasteiger partial charge on any atom is -0.543 e. The third kappa shape index (κ3) is 6.65. The number of carboxylic acids is 2. The van der Waals surface area contributed by atoms with Crippen molar-refractivity contribution in [3.8, 4) is 11.5 Å². The van der Waals surface area contributed by atoms with E-state index in [-0.39, 0.29) is 33.6 Å². The number of thiazole rings is 1. The molecule has 19 heteroatoms. The van der Waals surface area contributed by atoms with Crippen molar-refractivity contribution in [2.45, 2.75) is 22.4 Å². The number of carbonyl (C=O) groups is 4. The van der Waals surface area contributed by atoms with Crippen molar-refractivity contribution in [2.24, 2.45) is 5.16 Å². The van der Waals surface area contributed by atoms with Crippen LogP contribution < -0.4 is 26.3 Å². The molecule has 0 radical (unpaired) electrons. The average molecular weight is 688 g/mol. The number of oxime groups is 1. The molecule has 2 aliphatic rings. The molecule has 7 N–H and O–H groups in total. The number of nitrogens with zero attached hydrogens (tertiary/aromatic N) is 4.